The third-order valence-corrected chi connectivity index (χ3v) is 4.44. The van der Waals surface area contributed by atoms with Gasteiger partial charge in [-0.2, -0.15) is 4.98 Å². The highest BCUT2D eigenvalue weighted by molar-refractivity contribution is 5.92. The molecule has 3 aromatic rings. The van der Waals surface area contributed by atoms with E-state index in [2.05, 4.69) is 20.6 Å². The average molecular weight is 370 g/mol. The number of methoxy groups -OCH3 is 2. The maximum absolute atomic E-state index is 12.3. The second kappa shape index (κ2) is 7.20. The molecular weight excluding hydrogens is 352 g/mol. The van der Waals surface area contributed by atoms with Gasteiger partial charge in [0, 0.05) is 12.7 Å². The van der Waals surface area contributed by atoms with Crippen LogP contribution in [0.4, 0.5) is 0 Å². The largest absolute Gasteiger partial charge is 0.479 e. The van der Waals surface area contributed by atoms with Crippen LogP contribution in [0.1, 0.15) is 40.0 Å². The SMILES string of the molecule is COCc1nc(-c2ccc3c(c2)CC[C@H]3NC(=O)c2cc(OC)no2)no1. The highest BCUT2D eigenvalue weighted by Gasteiger charge is 2.26. The van der Waals surface area contributed by atoms with Crippen LogP contribution < -0.4 is 10.1 Å². The molecule has 27 heavy (non-hydrogen) atoms. The van der Waals surface area contributed by atoms with Gasteiger partial charge in [-0.1, -0.05) is 17.3 Å². The lowest BCUT2D eigenvalue weighted by molar-refractivity contribution is 0.0899. The van der Waals surface area contributed by atoms with Crippen LogP contribution in [-0.4, -0.2) is 35.4 Å². The number of carbonyl (C=O) groups is 1. The van der Waals surface area contributed by atoms with Gasteiger partial charge in [0.2, 0.25) is 11.6 Å². The van der Waals surface area contributed by atoms with Gasteiger partial charge in [-0.15, -0.1) is 0 Å². The quantitative estimate of drug-likeness (QED) is 0.703. The van der Waals surface area contributed by atoms with E-state index < -0.39 is 0 Å². The molecule has 1 atom stereocenters. The average Bonchev–Trinajstić information content (AvgIpc) is 3.41. The molecule has 0 radical (unpaired) electrons. The van der Waals surface area contributed by atoms with E-state index >= 15 is 0 Å². The molecule has 1 aromatic carbocycles. The zero-order valence-corrected chi connectivity index (χ0v) is 14.9. The molecule has 0 saturated carbocycles. The number of carbonyl (C=O) groups excluding carboxylic acids is 1. The molecule has 9 nitrogen and oxygen atoms in total. The van der Waals surface area contributed by atoms with Crippen molar-refractivity contribution in [3.8, 4) is 17.3 Å². The Bertz CT molecular complexity index is 964. The molecule has 1 N–H and O–H groups in total. The van der Waals surface area contributed by atoms with Crippen molar-refractivity contribution >= 4 is 5.91 Å². The van der Waals surface area contributed by atoms with Crippen molar-refractivity contribution in [2.24, 2.45) is 0 Å². The maximum Gasteiger partial charge on any atom is 0.290 e. The number of aryl methyl sites for hydroxylation is 1. The molecule has 0 unspecified atom stereocenters. The molecule has 9 heteroatoms. The molecule has 2 heterocycles. The smallest absolute Gasteiger partial charge is 0.290 e. The molecule has 4 rings (SSSR count). The van der Waals surface area contributed by atoms with Crippen molar-refractivity contribution in [1.82, 2.24) is 20.6 Å². The molecule has 2 aromatic heterocycles. The predicted octanol–water partition coefficient (Wildman–Crippen LogP) is 2.30. The number of nitrogens with zero attached hydrogens (tertiary/aromatic N) is 3. The molecule has 0 aliphatic heterocycles. The van der Waals surface area contributed by atoms with Crippen molar-refractivity contribution in [3.05, 3.63) is 47.0 Å². The van der Waals surface area contributed by atoms with Crippen LogP contribution in [0.5, 0.6) is 5.88 Å². The van der Waals surface area contributed by atoms with Crippen LogP contribution in [0.25, 0.3) is 11.4 Å². The minimum atomic E-state index is -0.324. The first-order valence-electron chi connectivity index (χ1n) is 8.44. The molecule has 1 aliphatic rings. The number of amides is 1. The molecular formula is C18H18N4O5. The Morgan fingerprint density at radius 3 is 2.93 bits per heavy atom. The highest BCUT2D eigenvalue weighted by Crippen LogP contribution is 2.34. The van der Waals surface area contributed by atoms with Crippen molar-refractivity contribution in [1.29, 1.82) is 0 Å². The van der Waals surface area contributed by atoms with Crippen LogP contribution in [-0.2, 0) is 17.8 Å². The van der Waals surface area contributed by atoms with Gasteiger partial charge in [-0.25, -0.2) is 0 Å². The van der Waals surface area contributed by atoms with Crippen molar-refractivity contribution < 1.29 is 23.3 Å². The topological polar surface area (TPSA) is 113 Å². The Balaban J connectivity index is 1.49. The van der Waals surface area contributed by atoms with E-state index in [9.17, 15) is 4.79 Å². The Labute approximate surface area is 154 Å². The van der Waals surface area contributed by atoms with Crippen LogP contribution in [0.3, 0.4) is 0 Å². The third-order valence-electron chi connectivity index (χ3n) is 4.44. The highest BCUT2D eigenvalue weighted by atomic mass is 16.5. The zero-order chi connectivity index (χ0) is 18.8. The fraction of sp³-hybridized carbons (Fsp3) is 0.333. The fourth-order valence-electron chi connectivity index (χ4n) is 3.15. The van der Waals surface area contributed by atoms with Gasteiger partial charge in [0.05, 0.1) is 19.2 Å². The summed E-state index contributed by atoms with van der Waals surface area (Å²) in [6.45, 7) is 0.276. The number of fused-ring (bicyclic) bond motifs is 1. The lowest BCUT2D eigenvalue weighted by Gasteiger charge is -2.13. The van der Waals surface area contributed by atoms with Crippen LogP contribution in [0.15, 0.2) is 33.3 Å². The van der Waals surface area contributed by atoms with Gasteiger partial charge in [-0.05, 0) is 35.2 Å². The summed E-state index contributed by atoms with van der Waals surface area (Å²) in [7, 11) is 3.04. The number of aromatic nitrogens is 3. The summed E-state index contributed by atoms with van der Waals surface area (Å²) in [6.07, 6.45) is 1.65. The minimum Gasteiger partial charge on any atom is -0.479 e. The van der Waals surface area contributed by atoms with Gasteiger partial charge in [0.1, 0.15) is 6.61 Å². The first-order valence-corrected chi connectivity index (χ1v) is 8.44. The van der Waals surface area contributed by atoms with Crippen molar-refractivity contribution in [3.63, 3.8) is 0 Å². The van der Waals surface area contributed by atoms with E-state index in [1.54, 1.807) is 7.11 Å². The third kappa shape index (κ3) is 3.41. The number of rotatable bonds is 6. The Morgan fingerprint density at radius 1 is 1.26 bits per heavy atom. The maximum atomic E-state index is 12.3. The Kier molecular flexibility index (Phi) is 4.59. The number of benzene rings is 1. The number of nitrogens with one attached hydrogen (secondary N) is 1. The van der Waals surface area contributed by atoms with Crippen LogP contribution in [0.2, 0.25) is 0 Å². The van der Waals surface area contributed by atoms with E-state index in [-0.39, 0.29) is 30.2 Å². The normalized spacial score (nSPS) is 15.6. The summed E-state index contributed by atoms with van der Waals surface area (Å²) in [5, 5.41) is 10.6. The fourth-order valence-corrected chi connectivity index (χ4v) is 3.15. The number of ether oxygens (including phenoxy) is 2. The molecule has 0 fully saturated rings. The lowest BCUT2D eigenvalue weighted by atomic mass is 10.0. The minimum absolute atomic E-state index is 0.0908. The van der Waals surface area contributed by atoms with Gasteiger partial charge in [-0.3, -0.25) is 4.79 Å². The number of hydrogen-bond donors (Lipinski definition) is 1. The van der Waals surface area contributed by atoms with Gasteiger partial charge < -0.3 is 23.8 Å². The van der Waals surface area contributed by atoms with Gasteiger partial charge in [0.15, 0.2) is 0 Å². The second-order valence-electron chi connectivity index (χ2n) is 6.16. The van der Waals surface area contributed by atoms with E-state index in [1.165, 1.54) is 13.2 Å². The van der Waals surface area contributed by atoms with E-state index in [1.807, 2.05) is 18.2 Å². The standard InChI is InChI=1S/C18H18N4O5/c1-24-9-16-20-17(22-27-16)11-3-5-12-10(7-11)4-6-13(12)19-18(23)14-8-15(25-2)21-26-14/h3,5,7-8,13H,4,6,9H2,1-2H3,(H,19,23)/t13-/m1/s1. The summed E-state index contributed by atoms with van der Waals surface area (Å²) in [6, 6.07) is 7.30. The van der Waals surface area contributed by atoms with Crippen LogP contribution in [0, 0.1) is 0 Å². The molecule has 0 saturated heterocycles. The van der Waals surface area contributed by atoms with Crippen molar-refractivity contribution in [2.75, 3.05) is 14.2 Å². The van der Waals surface area contributed by atoms with Gasteiger partial charge >= 0.3 is 0 Å². The van der Waals surface area contributed by atoms with Gasteiger partial charge in [0.25, 0.3) is 17.7 Å². The van der Waals surface area contributed by atoms with E-state index in [0.29, 0.717) is 11.7 Å². The summed E-state index contributed by atoms with van der Waals surface area (Å²) in [5.41, 5.74) is 3.08. The van der Waals surface area contributed by atoms with Crippen LogP contribution >= 0.6 is 0 Å². The second-order valence-corrected chi connectivity index (χ2v) is 6.16. The molecule has 1 aliphatic carbocycles. The summed E-state index contributed by atoms with van der Waals surface area (Å²) >= 11 is 0. The molecule has 1 amide bonds. The lowest BCUT2D eigenvalue weighted by Crippen LogP contribution is -2.26. The first-order chi connectivity index (χ1) is 13.2. The monoisotopic (exact) mass is 370 g/mol. The summed E-state index contributed by atoms with van der Waals surface area (Å²) < 4.78 is 20.1. The van der Waals surface area contributed by atoms with E-state index in [4.69, 9.17) is 18.5 Å². The number of hydrogen-bond acceptors (Lipinski definition) is 8. The Morgan fingerprint density at radius 2 is 2.15 bits per heavy atom. The van der Waals surface area contributed by atoms with Crippen molar-refractivity contribution in [2.45, 2.75) is 25.5 Å². The summed E-state index contributed by atoms with van der Waals surface area (Å²) in [5.74, 6) is 1.01. The Hall–Kier alpha value is -3.20. The molecule has 0 spiro atoms. The zero-order valence-electron chi connectivity index (χ0n) is 14.9. The predicted molar refractivity (Wildman–Crippen MR) is 92.0 cm³/mol. The molecule has 0 bridgehead atoms. The molecule has 140 valence electrons. The summed E-state index contributed by atoms with van der Waals surface area (Å²) in [4.78, 5) is 16.7. The first kappa shape index (κ1) is 17.2. The van der Waals surface area contributed by atoms with E-state index in [0.717, 1.165) is 29.5 Å².